The first-order valence-corrected chi connectivity index (χ1v) is 8.58. The fourth-order valence-corrected chi connectivity index (χ4v) is 3.35. The van der Waals surface area contributed by atoms with Gasteiger partial charge in [0.1, 0.15) is 5.82 Å². The standard InChI is InChI=1S/C17H29N3O2/c1-14-18-12-16(19-14)13-20(10-11-21)17(22)9-5-8-15-6-3-2-4-7-15/h12,15,21H,2-11,13H2,1H3,(H,18,19). The van der Waals surface area contributed by atoms with Gasteiger partial charge in [0.2, 0.25) is 5.91 Å². The Morgan fingerprint density at radius 2 is 2.18 bits per heavy atom. The van der Waals surface area contributed by atoms with Crippen LogP contribution in [0.15, 0.2) is 6.20 Å². The molecule has 1 saturated carbocycles. The Labute approximate surface area is 133 Å². The lowest BCUT2D eigenvalue weighted by molar-refractivity contribution is -0.132. The number of amides is 1. The van der Waals surface area contributed by atoms with E-state index in [1.807, 2.05) is 6.92 Å². The topological polar surface area (TPSA) is 69.2 Å². The molecule has 5 nitrogen and oxygen atoms in total. The number of carbonyl (C=O) groups is 1. The number of rotatable bonds is 8. The Balaban J connectivity index is 1.75. The maximum absolute atomic E-state index is 12.4. The Morgan fingerprint density at radius 1 is 1.41 bits per heavy atom. The fourth-order valence-electron chi connectivity index (χ4n) is 3.35. The van der Waals surface area contributed by atoms with Gasteiger partial charge in [-0.3, -0.25) is 4.79 Å². The molecule has 1 aliphatic rings. The molecule has 1 heterocycles. The molecular formula is C17H29N3O2. The lowest BCUT2D eigenvalue weighted by atomic mass is 9.86. The van der Waals surface area contributed by atoms with Gasteiger partial charge in [0.15, 0.2) is 0 Å². The van der Waals surface area contributed by atoms with Crippen LogP contribution in [0.3, 0.4) is 0 Å². The highest BCUT2D eigenvalue weighted by atomic mass is 16.3. The van der Waals surface area contributed by atoms with E-state index in [1.54, 1.807) is 11.1 Å². The van der Waals surface area contributed by atoms with E-state index in [0.717, 1.165) is 23.9 Å². The van der Waals surface area contributed by atoms with Crippen molar-refractivity contribution in [3.8, 4) is 0 Å². The number of aryl methyl sites for hydroxylation is 1. The van der Waals surface area contributed by atoms with Crippen LogP contribution in [-0.4, -0.2) is 39.0 Å². The second-order valence-electron chi connectivity index (χ2n) is 6.43. The van der Waals surface area contributed by atoms with Gasteiger partial charge in [-0.15, -0.1) is 0 Å². The predicted molar refractivity (Wildman–Crippen MR) is 86.3 cm³/mol. The van der Waals surface area contributed by atoms with E-state index in [1.165, 1.54) is 38.5 Å². The number of nitrogens with one attached hydrogen (secondary N) is 1. The minimum Gasteiger partial charge on any atom is -0.395 e. The van der Waals surface area contributed by atoms with Gasteiger partial charge in [-0.25, -0.2) is 4.98 Å². The molecule has 0 aliphatic heterocycles. The van der Waals surface area contributed by atoms with Crippen LogP contribution < -0.4 is 0 Å². The molecule has 0 unspecified atom stereocenters. The molecule has 0 spiro atoms. The van der Waals surface area contributed by atoms with E-state index in [0.29, 0.717) is 19.5 Å². The van der Waals surface area contributed by atoms with Crippen molar-refractivity contribution in [1.82, 2.24) is 14.9 Å². The largest absolute Gasteiger partial charge is 0.395 e. The molecular weight excluding hydrogens is 278 g/mol. The van der Waals surface area contributed by atoms with Gasteiger partial charge in [0, 0.05) is 13.0 Å². The summed E-state index contributed by atoms with van der Waals surface area (Å²) in [6.07, 6.45) is 11.2. The number of aromatic nitrogens is 2. The third-order valence-corrected chi connectivity index (χ3v) is 4.57. The highest BCUT2D eigenvalue weighted by Gasteiger charge is 2.17. The number of carbonyl (C=O) groups excluding carboxylic acids is 1. The highest BCUT2D eigenvalue weighted by molar-refractivity contribution is 5.76. The van der Waals surface area contributed by atoms with E-state index >= 15 is 0 Å². The SMILES string of the molecule is Cc1ncc(CN(CCO)C(=O)CCCC2CCCCC2)[nH]1. The van der Waals surface area contributed by atoms with Crippen molar-refractivity contribution in [2.75, 3.05) is 13.2 Å². The number of hydrogen-bond donors (Lipinski definition) is 2. The molecule has 0 atom stereocenters. The van der Waals surface area contributed by atoms with Crippen LogP contribution in [0, 0.1) is 12.8 Å². The van der Waals surface area contributed by atoms with Gasteiger partial charge in [-0.05, 0) is 25.7 Å². The van der Waals surface area contributed by atoms with Crippen LogP contribution in [0.4, 0.5) is 0 Å². The van der Waals surface area contributed by atoms with Crippen molar-refractivity contribution in [3.63, 3.8) is 0 Å². The van der Waals surface area contributed by atoms with Gasteiger partial charge in [-0.2, -0.15) is 0 Å². The Bertz CT molecular complexity index is 453. The highest BCUT2D eigenvalue weighted by Crippen LogP contribution is 2.27. The number of aliphatic hydroxyl groups is 1. The number of aliphatic hydroxyl groups excluding tert-OH is 1. The van der Waals surface area contributed by atoms with E-state index in [2.05, 4.69) is 9.97 Å². The summed E-state index contributed by atoms with van der Waals surface area (Å²) in [5, 5.41) is 9.18. The van der Waals surface area contributed by atoms with Gasteiger partial charge in [-0.1, -0.05) is 32.1 Å². The van der Waals surface area contributed by atoms with Gasteiger partial charge < -0.3 is 15.0 Å². The monoisotopic (exact) mass is 307 g/mol. The Morgan fingerprint density at radius 3 is 2.82 bits per heavy atom. The van der Waals surface area contributed by atoms with Crippen LogP contribution in [0.1, 0.15) is 62.9 Å². The van der Waals surface area contributed by atoms with E-state index < -0.39 is 0 Å². The number of hydrogen-bond acceptors (Lipinski definition) is 3. The van der Waals surface area contributed by atoms with Gasteiger partial charge in [0.05, 0.1) is 25.0 Å². The predicted octanol–water partition coefficient (Wildman–Crippen LogP) is 2.79. The van der Waals surface area contributed by atoms with Crippen molar-refractivity contribution >= 4 is 5.91 Å². The molecule has 0 aromatic carbocycles. The number of nitrogens with zero attached hydrogens (tertiary/aromatic N) is 2. The second kappa shape index (κ2) is 8.93. The second-order valence-corrected chi connectivity index (χ2v) is 6.43. The summed E-state index contributed by atoms with van der Waals surface area (Å²) in [7, 11) is 0. The molecule has 22 heavy (non-hydrogen) atoms. The smallest absolute Gasteiger partial charge is 0.222 e. The molecule has 0 saturated heterocycles. The lowest BCUT2D eigenvalue weighted by Gasteiger charge is -2.23. The van der Waals surface area contributed by atoms with Crippen molar-refractivity contribution in [3.05, 3.63) is 17.7 Å². The van der Waals surface area contributed by atoms with Crippen LogP contribution in [-0.2, 0) is 11.3 Å². The summed E-state index contributed by atoms with van der Waals surface area (Å²) < 4.78 is 0. The average Bonchev–Trinajstić information content (AvgIpc) is 2.93. The molecule has 2 rings (SSSR count). The molecule has 2 N–H and O–H groups in total. The number of imidazole rings is 1. The van der Waals surface area contributed by atoms with Crippen LogP contribution in [0.2, 0.25) is 0 Å². The molecule has 1 aromatic rings. The third kappa shape index (κ3) is 5.44. The maximum atomic E-state index is 12.4. The molecule has 124 valence electrons. The zero-order valence-corrected chi connectivity index (χ0v) is 13.7. The van der Waals surface area contributed by atoms with Crippen molar-refractivity contribution in [2.45, 2.75) is 64.8 Å². The lowest BCUT2D eigenvalue weighted by Crippen LogP contribution is -2.33. The normalized spacial score (nSPS) is 15.9. The molecule has 1 amide bonds. The van der Waals surface area contributed by atoms with Crippen molar-refractivity contribution in [1.29, 1.82) is 0 Å². The third-order valence-electron chi connectivity index (χ3n) is 4.57. The molecule has 0 bridgehead atoms. The van der Waals surface area contributed by atoms with Crippen LogP contribution >= 0.6 is 0 Å². The fraction of sp³-hybridized carbons (Fsp3) is 0.765. The quantitative estimate of drug-likeness (QED) is 0.776. The molecule has 1 aliphatic carbocycles. The summed E-state index contributed by atoms with van der Waals surface area (Å²) in [5.41, 5.74) is 0.923. The summed E-state index contributed by atoms with van der Waals surface area (Å²) in [6, 6.07) is 0. The number of aromatic amines is 1. The molecule has 1 aromatic heterocycles. The van der Waals surface area contributed by atoms with Crippen LogP contribution in [0.5, 0.6) is 0 Å². The van der Waals surface area contributed by atoms with E-state index in [4.69, 9.17) is 0 Å². The first-order valence-electron chi connectivity index (χ1n) is 8.58. The van der Waals surface area contributed by atoms with E-state index in [9.17, 15) is 9.90 Å². The molecule has 5 heteroatoms. The van der Waals surface area contributed by atoms with Crippen molar-refractivity contribution in [2.24, 2.45) is 5.92 Å². The number of H-pyrrole nitrogens is 1. The van der Waals surface area contributed by atoms with Crippen LogP contribution in [0.25, 0.3) is 0 Å². The minimum absolute atomic E-state index is 0.00147. The zero-order chi connectivity index (χ0) is 15.8. The molecule has 0 radical (unpaired) electrons. The van der Waals surface area contributed by atoms with E-state index in [-0.39, 0.29) is 12.5 Å². The van der Waals surface area contributed by atoms with Gasteiger partial charge in [0.25, 0.3) is 0 Å². The van der Waals surface area contributed by atoms with Crippen molar-refractivity contribution < 1.29 is 9.90 Å². The summed E-state index contributed by atoms with van der Waals surface area (Å²) in [4.78, 5) is 21.4. The maximum Gasteiger partial charge on any atom is 0.222 e. The first-order chi connectivity index (χ1) is 10.7. The Kier molecular flexibility index (Phi) is 6.90. The summed E-state index contributed by atoms with van der Waals surface area (Å²) in [6.45, 7) is 2.79. The zero-order valence-electron chi connectivity index (χ0n) is 13.7. The summed E-state index contributed by atoms with van der Waals surface area (Å²) in [5.74, 6) is 1.81. The minimum atomic E-state index is 0.00147. The summed E-state index contributed by atoms with van der Waals surface area (Å²) >= 11 is 0. The average molecular weight is 307 g/mol. The Hall–Kier alpha value is -1.36. The first kappa shape index (κ1) is 17.0. The molecule has 1 fully saturated rings. The van der Waals surface area contributed by atoms with Gasteiger partial charge >= 0.3 is 0 Å².